The summed E-state index contributed by atoms with van der Waals surface area (Å²) in [6.45, 7) is 4.17. The number of anilines is 2. The van der Waals surface area contributed by atoms with Crippen molar-refractivity contribution in [2.45, 2.75) is 19.8 Å². The topological polar surface area (TPSA) is 84.5 Å². The van der Waals surface area contributed by atoms with Gasteiger partial charge in [0.1, 0.15) is 5.75 Å². The third kappa shape index (κ3) is 5.22. The van der Waals surface area contributed by atoms with Gasteiger partial charge >= 0.3 is 0 Å². The fourth-order valence-corrected chi connectivity index (χ4v) is 2.85. The predicted molar refractivity (Wildman–Crippen MR) is 99.9 cm³/mol. The number of benzene rings is 2. The highest BCUT2D eigenvalue weighted by atomic mass is 32.2. The van der Waals surface area contributed by atoms with Crippen LogP contribution in [0.25, 0.3) is 0 Å². The number of hydrogen-bond donors (Lipinski definition) is 2. The van der Waals surface area contributed by atoms with Crippen LogP contribution in [0.5, 0.6) is 5.75 Å². The molecule has 0 fully saturated rings. The molecule has 2 N–H and O–H groups in total. The van der Waals surface area contributed by atoms with Gasteiger partial charge < -0.3 is 10.1 Å². The molecule has 7 heteroatoms. The van der Waals surface area contributed by atoms with Gasteiger partial charge in [0, 0.05) is 11.3 Å². The van der Waals surface area contributed by atoms with Gasteiger partial charge in [-0.2, -0.15) is 0 Å². The van der Waals surface area contributed by atoms with E-state index in [0.29, 0.717) is 22.9 Å². The first kappa shape index (κ1) is 18.8. The number of hydrogen-bond acceptors (Lipinski definition) is 4. The van der Waals surface area contributed by atoms with Crippen molar-refractivity contribution in [3.63, 3.8) is 0 Å². The first-order valence-electron chi connectivity index (χ1n) is 7.76. The van der Waals surface area contributed by atoms with Gasteiger partial charge in [-0.1, -0.05) is 26.0 Å². The second-order valence-electron chi connectivity index (χ2n) is 6.02. The van der Waals surface area contributed by atoms with Gasteiger partial charge in [0.2, 0.25) is 10.0 Å². The molecule has 0 heterocycles. The molecule has 6 nitrogen and oxygen atoms in total. The maximum atomic E-state index is 12.4. The molecule has 25 heavy (non-hydrogen) atoms. The average Bonchev–Trinajstić information content (AvgIpc) is 2.53. The third-order valence-electron chi connectivity index (χ3n) is 3.59. The minimum Gasteiger partial charge on any atom is -0.495 e. The largest absolute Gasteiger partial charge is 0.495 e. The van der Waals surface area contributed by atoms with Crippen molar-refractivity contribution in [3.05, 3.63) is 53.6 Å². The Morgan fingerprint density at radius 2 is 1.72 bits per heavy atom. The van der Waals surface area contributed by atoms with Crippen molar-refractivity contribution in [2.75, 3.05) is 23.4 Å². The van der Waals surface area contributed by atoms with Gasteiger partial charge in [0.15, 0.2) is 0 Å². The molecule has 0 bridgehead atoms. The summed E-state index contributed by atoms with van der Waals surface area (Å²) in [6.07, 6.45) is 1.05. The monoisotopic (exact) mass is 362 g/mol. The quantitative estimate of drug-likeness (QED) is 0.824. The number of nitrogens with one attached hydrogen (secondary N) is 2. The Labute approximate surface area is 148 Å². The highest BCUT2D eigenvalue weighted by Gasteiger charge is 2.12. The van der Waals surface area contributed by atoms with Crippen LogP contribution in [0, 0.1) is 0 Å². The van der Waals surface area contributed by atoms with Crippen LogP contribution in [0.4, 0.5) is 11.4 Å². The van der Waals surface area contributed by atoms with Crippen molar-refractivity contribution in [1.82, 2.24) is 0 Å². The fraction of sp³-hybridized carbons (Fsp3) is 0.278. The van der Waals surface area contributed by atoms with Crippen LogP contribution in [0.15, 0.2) is 42.5 Å². The van der Waals surface area contributed by atoms with E-state index in [-0.39, 0.29) is 11.6 Å². The van der Waals surface area contributed by atoms with E-state index in [0.717, 1.165) is 11.8 Å². The molecule has 0 aliphatic carbocycles. The lowest BCUT2D eigenvalue weighted by molar-refractivity contribution is 0.102. The lowest BCUT2D eigenvalue weighted by atomic mass is 10.0. The molecule has 0 saturated heterocycles. The molecule has 0 atom stereocenters. The highest BCUT2D eigenvalue weighted by Crippen LogP contribution is 2.28. The van der Waals surface area contributed by atoms with Gasteiger partial charge in [0.25, 0.3) is 5.91 Å². The SMILES string of the molecule is COc1ccc(NC(=O)c2ccc(C(C)C)cc2)cc1NS(C)(=O)=O. The van der Waals surface area contributed by atoms with E-state index in [1.54, 1.807) is 24.3 Å². The minimum atomic E-state index is -3.46. The zero-order valence-corrected chi connectivity index (χ0v) is 15.5. The fourth-order valence-electron chi connectivity index (χ4n) is 2.29. The Kier molecular flexibility index (Phi) is 5.69. The van der Waals surface area contributed by atoms with Crippen LogP contribution in [0.2, 0.25) is 0 Å². The summed E-state index contributed by atoms with van der Waals surface area (Å²) in [5.41, 5.74) is 2.40. The Morgan fingerprint density at radius 3 is 2.24 bits per heavy atom. The molecule has 134 valence electrons. The van der Waals surface area contributed by atoms with Gasteiger partial charge in [-0.25, -0.2) is 8.42 Å². The minimum absolute atomic E-state index is 0.262. The van der Waals surface area contributed by atoms with Crippen molar-refractivity contribution < 1.29 is 17.9 Å². The molecule has 2 aromatic carbocycles. The average molecular weight is 362 g/mol. The number of carbonyl (C=O) groups excluding carboxylic acids is 1. The summed E-state index contributed by atoms with van der Waals surface area (Å²) in [7, 11) is -2.02. The smallest absolute Gasteiger partial charge is 0.255 e. The molecule has 0 saturated carbocycles. The van der Waals surface area contributed by atoms with E-state index in [1.807, 2.05) is 12.1 Å². The molecule has 2 aromatic rings. The summed E-state index contributed by atoms with van der Waals surface area (Å²) in [6, 6.07) is 12.1. The second kappa shape index (κ2) is 7.57. The number of sulfonamides is 1. The molecule has 0 unspecified atom stereocenters. The Hall–Kier alpha value is -2.54. The second-order valence-corrected chi connectivity index (χ2v) is 7.77. The Morgan fingerprint density at radius 1 is 1.08 bits per heavy atom. The van der Waals surface area contributed by atoms with Crippen LogP contribution in [0.1, 0.15) is 35.7 Å². The molecular weight excluding hydrogens is 340 g/mol. The maximum absolute atomic E-state index is 12.4. The van der Waals surface area contributed by atoms with E-state index in [9.17, 15) is 13.2 Å². The number of methoxy groups -OCH3 is 1. The van der Waals surface area contributed by atoms with Crippen molar-refractivity contribution in [1.29, 1.82) is 0 Å². The summed E-state index contributed by atoms with van der Waals surface area (Å²) < 4.78 is 30.4. The van der Waals surface area contributed by atoms with Crippen LogP contribution in [-0.4, -0.2) is 27.7 Å². The van der Waals surface area contributed by atoms with E-state index < -0.39 is 10.0 Å². The highest BCUT2D eigenvalue weighted by molar-refractivity contribution is 7.92. The normalized spacial score (nSPS) is 11.2. The molecule has 2 rings (SSSR count). The van der Waals surface area contributed by atoms with E-state index in [2.05, 4.69) is 23.9 Å². The molecule has 0 spiro atoms. The molecule has 0 aromatic heterocycles. The maximum Gasteiger partial charge on any atom is 0.255 e. The Bertz CT molecular complexity index is 859. The number of ether oxygens (including phenoxy) is 1. The molecule has 0 radical (unpaired) electrons. The molecule has 0 aliphatic heterocycles. The Balaban J connectivity index is 2.21. The summed E-state index contributed by atoms with van der Waals surface area (Å²) >= 11 is 0. The van der Waals surface area contributed by atoms with Crippen LogP contribution in [-0.2, 0) is 10.0 Å². The van der Waals surface area contributed by atoms with Gasteiger partial charge in [-0.3, -0.25) is 9.52 Å². The van der Waals surface area contributed by atoms with Gasteiger partial charge in [-0.15, -0.1) is 0 Å². The summed E-state index contributed by atoms with van der Waals surface area (Å²) in [5, 5.41) is 2.76. The van der Waals surface area contributed by atoms with E-state index >= 15 is 0 Å². The van der Waals surface area contributed by atoms with Crippen LogP contribution < -0.4 is 14.8 Å². The molecular formula is C18H22N2O4S. The third-order valence-corrected chi connectivity index (χ3v) is 4.18. The van der Waals surface area contributed by atoms with E-state index in [1.165, 1.54) is 13.2 Å². The number of rotatable bonds is 6. The first-order chi connectivity index (χ1) is 11.7. The lowest BCUT2D eigenvalue weighted by Crippen LogP contribution is -2.14. The van der Waals surface area contributed by atoms with Crippen molar-refractivity contribution in [2.24, 2.45) is 0 Å². The standard InChI is InChI=1S/C18H22N2O4S/c1-12(2)13-5-7-14(8-6-13)18(21)19-15-9-10-17(24-3)16(11-15)20-25(4,22)23/h5-12,20H,1-4H3,(H,19,21). The van der Waals surface area contributed by atoms with Crippen LogP contribution in [0.3, 0.4) is 0 Å². The number of amides is 1. The summed E-state index contributed by atoms with van der Waals surface area (Å²) in [5.74, 6) is 0.485. The van der Waals surface area contributed by atoms with E-state index in [4.69, 9.17) is 4.74 Å². The first-order valence-corrected chi connectivity index (χ1v) is 9.66. The molecule has 1 amide bonds. The predicted octanol–water partition coefficient (Wildman–Crippen LogP) is 3.44. The zero-order chi connectivity index (χ0) is 18.6. The van der Waals surface area contributed by atoms with Crippen molar-refractivity contribution in [3.8, 4) is 5.75 Å². The summed E-state index contributed by atoms with van der Waals surface area (Å²) in [4.78, 5) is 12.4. The van der Waals surface area contributed by atoms with Crippen LogP contribution >= 0.6 is 0 Å². The number of carbonyl (C=O) groups is 1. The van der Waals surface area contributed by atoms with Gasteiger partial charge in [-0.05, 0) is 41.8 Å². The zero-order valence-electron chi connectivity index (χ0n) is 14.7. The lowest BCUT2D eigenvalue weighted by Gasteiger charge is -2.13. The van der Waals surface area contributed by atoms with Crippen molar-refractivity contribution >= 4 is 27.3 Å². The molecule has 0 aliphatic rings. The van der Waals surface area contributed by atoms with Gasteiger partial charge in [0.05, 0.1) is 19.1 Å².